The van der Waals surface area contributed by atoms with E-state index in [1.54, 1.807) is 0 Å². The summed E-state index contributed by atoms with van der Waals surface area (Å²) in [5.41, 5.74) is 17.5. The van der Waals surface area contributed by atoms with Crippen molar-refractivity contribution in [2.24, 2.45) is 0 Å². The molecular weight excluding hydrogens is 619 g/mol. The van der Waals surface area contributed by atoms with Gasteiger partial charge in [-0.1, -0.05) is 119 Å². The first kappa shape index (κ1) is 30.4. The Morgan fingerprint density at radius 3 is 2.04 bits per heavy atom. The summed E-state index contributed by atoms with van der Waals surface area (Å²) < 4.78 is 7.15. The first-order valence-electron chi connectivity index (χ1n) is 18.4. The van der Waals surface area contributed by atoms with Crippen LogP contribution in [0.4, 0.5) is 34.3 Å². The highest BCUT2D eigenvalue weighted by molar-refractivity contribution is 7.00. The molecule has 6 aromatic carbocycles. The van der Waals surface area contributed by atoms with Gasteiger partial charge in [-0.15, -0.1) is 0 Å². The molecule has 10 rings (SSSR count). The van der Waals surface area contributed by atoms with Crippen molar-refractivity contribution in [2.75, 3.05) is 9.80 Å². The van der Waals surface area contributed by atoms with Crippen molar-refractivity contribution in [3.63, 3.8) is 0 Å². The van der Waals surface area contributed by atoms with E-state index in [0.29, 0.717) is 0 Å². The molecule has 0 saturated carbocycles. The highest BCUT2D eigenvalue weighted by Gasteiger charge is 2.49. The molecule has 1 aliphatic carbocycles. The van der Waals surface area contributed by atoms with Gasteiger partial charge in [-0.25, -0.2) is 0 Å². The van der Waals surface area contributed by atoms with Gasteiger partial charge in [0, 0.05) is 39.0 Å². The Morgan fingerprint density at radius 1 is 0.647 bits per heavy atom. The number of fused-ring (bicyclic) bond motifs is 7. The zero-order chi connectivity index (χ0) is 34.6. The van der Waals surface area contributed by atoms with Crippen LogP contribution in [0.3, 0.4) is 0 Å². The molecule has 3 heterocycles. The van der Waals surface area contributed by atoms with Gasteiger partial charge in [0.15, 0.2) is 0 Å². The van der Waals surface area contributed by atoms with Crippen LogP contribution in [0.1, 0.15) is 62.4 Å². The zero-order valence-corrected chi connectivity index (χ0v) is 30.0. The minimum absolute atomic E-state index is 0.0117. The van der Waals surface area contributed by atoms with E-state index in [1.807, 2.05) is 0 Å². The maximum absolute atomic E-state index is 7.15. The molecule has 0 atom stereocenters. The average Bonchev–Trinajstić information content (AvgIpc) is 3.49. The maximum Gasteiger partial charge on any atom is 0.252 e. The second-order valence-corrected chi connectivity index (χ2v) is 16.1. The van der Waals surface area contributed by atoms with Crippen LogP contribution in [0.2, 0.25) is 0 Å². The lowest BCUT2D eigenvalue weighted by Crippen LogP contribution is -2.63. The molecule has 51 heavy (non-hydrogen) atoms. The third-order valence-corrected chi connectivity index (χ3v) is 11.8. The highest BCUT2D eigenvalue weighted by atomic mass is 16.4. The van der Waals surface area contributed by atoms with E-state index in [-0.39, 0.29) is 17.5 Å². The van der Waals surface area contributed by atoms with E-state index in [4.69, 9.17) is 4.42 Å². The molecule has 3 nitrogen and oxygen atoms in total. The van der Waals surface area contributed by atoms with E-state index in [9.17, 15) is 0 Å². The van der Waals surface area contributed by atoms with Crippen LogP contribution in [0.15, 0.2) is 138 Å². The molecule has 4 heteroatoms. The van der Waals surface area contributed by atoms with Crippen LogP contribution in [0.25, 0.3) is 11.0 Å². The van der Waals surface area contributed by atoms with Crippen molar-refractivity contribution < 1.29 is 4.42 Å². The molecule has 0 N–H and O–H groups in total. The van der Waals surface area contributed by atoms with Crippen LogP contribution < -0.4 is 26.2 Å². The molecule has 0 bridgehead atoms. The summed E-state index contributed by atoms with van der Waals surface area (Å²) in [5.74, 6) is 0.942. The second kappa shape index (κ2) is 10.8. The lowest BCUT2D eigenvalue weighted by atomic mass is 9.30. The van der Waals surface area contributed by atoms with Gasteiger partial charge < -0.3 is 9.32 Å². The molecule has 248 valence electrons. The maximum atomic E-state index is 7.15. The minimum Gasteiger partial charge on any atom is -0.440 e. The van der Waals surface area contributed by atoms with Crippen molar-refractivity contribution >= 4 is 68.4 Å². The zero-order valence-electron chi connectivity index (χ0n) is 30.0. The van der Waals surface area contributed by atoms with Gasteiger partial charge in [0.25, 0.3) is 6.71 Å². The Morgan fingerprint density at radius 2 is 1.35 bits per heavy atom. The Balaban J connectivity index is 1.35. The number of nitrogens with zero attached hydrogens (tertiary/aromatic N) is 2. The fourth-order valence-electron chi connectivity index (χ4n) is 9.08. The summed E-state index contributed by atoms with van der Waals surface area (Å²) in [7, 11) is 0. The summed E-state index contributed by atoms with van der Waals surface area (Å²) in [4.78, 5) is 4.90. The first-order chi connectivity index (χ1) is 24.7. The summed E-state index contributed by atoms with van der Waals surface area (Å²) >= 11 is 0. The lowest BCUT2D eigenvalue weighted by Gasteiger charge is -2.45. The van der Waals surface area contributed by atoms with Gasteiger partial charge in [-0.05, 0) is 106 Å². The third kappa shape index (κ3) is 4.38. The van der Waals surface area contributed by atoms with Gasteiger partial charge in [-0.3, -0.25) is 4.90 Å². The highest BCUT2D eigenvalue weighted by Crippen LogP contribution is 2.49. The van der Waals surface area contributed by atoms with E-state index in [0.717, 1.165) is 41.4 Å². The number of aryl methyl sites for hydroxylation is 1. The molecule has 0 fully saturated rings. The van der Waals surface area contributed by atoms with Crippen LogP contribution in [-0.4, -0.2) is 6.71 Å². The van der Waals surface area contributed by atoms with Crippen LogP contribution in [0, 0.1) is 0 Å². The second-order valence-electron chi connectivity index (χ2n) is 16.1. The van der Waals surface area contributed by atoms with Crippen LogP contribution in [0.5, 0.6) is 0 Å². The Labute approximate surface area is 301 Å². The SMILES string of the molecule is CC(C)(C)c1ccc2oc3c(c2c1)B1c2ccccc2C(C)(C)c2cc(N(c4ccccc4)c4ccccc4)cc(c21)N3c1cccc2c1CC2. The molecule has 0 radical (unpaired) electrons. The standard InChI is InChI=1S/C47H41BN2O/c1-46(2,3)31-24-26-42-36(27-31)43-45(51-42)50(40-22-14-15-30-23-25-35(30)40)41-29-34(49(32-16-8-6-9-17-32)33-18-10-7-11-19-33)28-38-44(41)48(43)39-21-13-12-20-37(39)47(38,4)5/h6-22,24,26-29H,23,25H2,1-5H3. The summed E-state index contributed by atoms with van der Waals surface area (Å²) in [5, 5.41) is 1.22. The van der Waals surface area contributed by atoms with Crippen molar-refractivity contribution in [1.82, 2.24) is 0 Å². The molecule has 0 amide bonds. The minimum atomic E-state index is -0.243. The van der Waals surface area contributed by atoms with Crippen molar-refractivity contribution in [3.8, 4) is 0 Å². The number of para-hydroxylation sites is 2. The first-order valence-corrected chi connectivity index (χ1v) is 18.4. The Hall–Kier alpha value is -5.48. The van der Waals surface area contributed by atoms with Gasteiger partial charge in [-0.2, -0.15) is 0 Å². The molecule has 0 unspecified atom stereocenters. The summed E-state index contributed by atoms with van der Waals surface area (Å²) in [6.07, 6.45) is 2.20. The average molecular weight is 661 g/mol. The van der Waals surface area contributed by atoms with E-state index in [1.165, 1.54) is 61.0 Å². The monoisotopic (exact) mass is 660 g/mol. The van der Waals surface area contributed by atoms with Gasteiger partial charge in [0.2, 0.25) is 5.88 Å². The van der Waals surface area contributed by atoms with Gasteiger partial charge in [0.1, 0.15) is 5.58 Å². The fourth-order valence-corrected chi connectivity index (χ4v) is 9.08. The summed E-state index contributed by atoms with van der Waals surface area (Å²) in [6, 6.07) is 49.3. The number of furan rings is 1. The smallest absolute Gasteiger partial charge is 0.252 e. The number of benzene rings is 6. The predicted octanol–water partition coefficient (Wildman–Crippen LogP) is 10.2. The fraction of sp³-hybridized carbons (Fsp3) is 0.191. The number of hydrogen-bond acceptors (Lipinski definition) is 3. The lowest BCUT2D eigenvalue weighted by molar-refractivity contribution is 0.589. The van der Waals surface area contributed by atoms with E-state index < -0.39 is 0 Å². The van der Waals surface area contributed by atoms with Crippen molar-refractivity contribution in [3.05, 3.63) is 161 Å². The Bertz CT molecular complexity index is 2470. The van der Waals surface area contributed by atoms with Crippen molar-refractivity contribution in [2.45, 2.75) is 58.3 Å². The normalized spacial score (nSPS) is 15.1. The van der Waals surface area contributed by atoms with E-state index >= 15 is 0 Å². The number of rotatable bonds is 4. The topological polar surface area (TPSA) is 19.6 Å². The largest absolute Gasteiger partial charge is 0.440 e. The van der Waals surface area contributed by atoms with Crippen LogP contribution in [-0.2, 0) is 23.7 Å². The van der Waals surface area contributed by atoms with E-state index in [2.05, 4.69) is 178 Å². The Kier molecular flexibility index (Phi) is 6.41. The predicted molar refractivity (Wildman–Crippen MR) is 215 cm³/mol. The quantitative estimate of drug-likeness (QED) is 0.175. The van der Waals surface area contributed by atoms with Gasteiger partial charge in [0.05, 0.1) is 5.69 Å². The molecule has 1 aromatic heterocycles. The van der Waals surface area contributed by atoms with Gasteiger partial charge >= 0.3 is 0 Å². The third-order valence-electron chi connectivity index (χ3n) is 11.8. The number of anilines is 6. The van der Waals surface area contributed by atoms with Crippen LogP contribution >= 0.6 is 0 Å². The number of hydrogen-bond donors (Lipinski definition) is 0. The van der Waals surface area contributed by atoms with Crippen molar-refractivity contribution in [1.29, 1.82) is 0 Å². The molecule has 3 aliphatic rings. The molecule has 0 saturated heterocycles. The summed E-state index contributed by atoms with van der Waals surface area (Å²) in [6.45, 7) is 11.8. The molecule has 0 spiro atoms. The molecule has 2 aliphatic heterocycles. The molecule has 7 aromatic rings. The molecular formula is C47H41BN2O.